The first kappa shape index (κ1) is 13.5. The summed E-state index contributed by atoms with van der Waals surface area (Å²) < 4.78 is 0. The van der Waals surface area contributed by atoms with Crippen LogP contribution in [-0.4, -0.2) is 16.0 Å². The second-order valence-electron chi connectivity index (χ2n) is 3.63. The van der Waals surface area contributed by atoms with E-state index in [1.165, 1.54) is 0 Å². The lowest BCUT2D eigenvalue weighted by Gasteiger charge is -2.08. The number of carbonyl (C=O) groups is 1. The molecule has 0 saturated carbocycles. The van der Waals surface area contributed by atoms with Crippen LogP contribution in [0.2, 0.25) is 5.02 Å². The number of pyridine rings is 1. The standard InChI is InChI=1S/C13H10ClN3OS/c14-10-6-7-15-11(8-10)16-13(19)17-12(18)9-4-2-1-3-5-9/h1-8H,(H2,15,16,17,18,19). The summed E-state index contributed by atoms with van der Waals surface area (Å²) in [4.78, 5) is 15.9. The van der Waals surface area contributed by atoms with Crippen molar-refractivity contribution in [1.29, 1.82) is 0 Å². The van der Waals surface area contributed by atoms with Gasteiger partial charge in [0.05, 0.1) is 0 Å². The molecule has 0 radical (unpaired) electrons. The maximum absolute atomic E-state index is 11.8. The molecule has 0 bridgehead atoms. The monoisotopic (exact) mass is 291 g/mol. The molecule has 0 aliphatic rings. The van der Waals surface area contributed by atoms with Crippen LogP contribution in [0.25, 0.3) is 0 Å². The van der Waals surface area contributed by atoms with Gasteiger partial charge in [-0.3, -0.25) is 10.1 Å². The minimum Gasteiger partial charge on any atom is -0.317 e. The van der Waals surface area contributed by atoms with Crippen LogP contribution in [0, 0.1) is 0 Å². The molecule has 1 aromatic heterocycles. The number of nitrogens with one attached hydrogen (secondary N) is 2. The number of hydrogen-bond donors (Lipinski definition) is 2. The predicted molar refractivity (Wildman–Crippen MR) is 79.4 cm³/mol. The summed E-state index contributed by atoms with van der Waals surface area (Å²) in [5.74, 6) is 0.200. The Labute approximate surface area is 120 Å². The lowest BCUT2D eigenvalue weighted by Crippen LogP contribution is -2.34. The van der Waals surface area contributed by atoms with Gasteiger partial charge >= 0.3 is 0 Å². The van der Waals surface area contributed by atoms with Crippen molar-refractivity contribution in [3.63, 3.8) is 0 Å². The van der Waals surface area contributed by atoms with E-state index in [0.29, 0.717) is 16.4 Å². The molecule has 19 heavy (non-hydrogen) atoms. The van der Waals surface area contributed by atoms with Crippen LogP contribution < -0.4 is 10.6 Å². The van der Waals surface area contributed by atoms with E-state index in [-0.39, 0.29) is 11.0 Å². The average molecular weight is 292 g/mol. The zero-order valence-corrected chi connectivity index (χ0v) is 11.3. The Bertz CT molecular complexity index is 604. The Morgan fingerprint density at radius 3 is 2.63 bits per heavy atom. The molecule has 6 heteroatoms. The van der Waals surface area contributed by atoms with Gasteiger partial charge in [0.25, 0.3) is 5.91 Å². The van der Waals surface area contributed by atoms with E-state index < -0.39 is 0 Å². The molecular weight excluding hydrogens is 282 g/mol. The van der Waals surface area contributed by atoms with Crippen LogP contribution >= 0.6 is 23.8 Å². The fourth-order valence-electron chi connectivity index (χ4n) is 1.39. The second kappa shape index (κ2) is 6.26. The zero-order valence-electron chi connectivity index (χ0n) is 9.76. The number of benzene rings is 1. The first-order valence-corrected chi connectivity index (χ1v) is 6.23. The predicted octanol–water partition coefficient (Wildman–Crippen LogP) is 2.86. The molecule has 2 rings (SSSR count). The normalized spacial score (nSPS) is 9.74. The zero-order chi connectivity index (χ0) is 13.7. The Hall–Kier alpha value is -1.98. The molecule has 0 spiro atoms. The van der Waals surface area contributed by atoms with Crippen molar-refractivity contribution in [2.75, 3.05) is 5.32 Å². The van der Waals surface area contributed by atoms with Crippen molar-refractivity contribution in [2.24, 2.45) is 0 Å². The Balaban J connectivity index is 1.97. The Morgan fingerprint density at radius 2 is 1.95 bits per heavy atom. The maximum Gasteiger partial charge on any atom is 0.257 e. The van der Waals surface area contributed by atoms with Crippen molar-refractivity contribution in [3.05, 3.63) is 59.2 Å². The van der Waals surface area contributed by atoms with E-state index in [1.807, 2.05) is 6.07 Å². The third kappa shape index (κ3) is 4.01. The van der Waals surface area contributed by atoms with Crippen LogP contribution in [0.4, 0.5) is 5.82 Å². The van der Waals surface area contributed by atoms with E-state index in [1.54, 1.807) is 42.6 Å². The molecule has 0 unspecified atom stereocenters. The largest absolute Gasteiger partial charge is 0.317 e. The highest BCUT2D eigenvalue weighted by Crippen LogP contribution is 2.11. The van der Waals surface area contributed by atoms with Crippen LogP contribution in [-0.2, 0) is 0 Å². The molecule has 0 atom stereocenters. The van der Waals surface area contributed by atoms with E-state index >= 15 is 0 Å². The molecule has 2 aromatic rings. The quantitative estimate of drug-likeness (QED) is 0.836. The summed E-state index contributed by atoms with van der Waals surface area (Å²) in [6, 6.07) is 12.1. The number of amides is 1. The van der Waals surface area contributed by atoms with Gasteiger partial charge in [-0.15, -0.1) is 0 Å². The number of halogens is 1. The Kier molecular flexibility index (Phi) is 4.43. The highest BCUT2D eigenvalue weighted by Gasteiger charge is 2.07. The first-order chi connectivity index (χ1) is 9.15. The van der Waals surface area contributed by atoms with Crippen molar-refractivity contribution in [1.82, 2.24) is 10.3 Å². The molecule has 0 saturated heterocycles. The maximum atomic E-state index is 11.8. The number of aromatic nitrogens is 1. The number of anilines is 1. The molecule has 1 aromatic carbocycles. The molecular formula is C13H10ClN3OS. The van der Waals surface area contributed by atoms with E-state index in [9.17, 15) is 4.79 Å². The van der Waals surface area contributed by atoms with Gasteiger partial charge in [-0.2, -0.15) is 0 Å². The van der Waals surface area contributed by atoms with E-state index in [2.05, 4.69) is 15.6 Å². The van der Waals surface area contributed by atoms with Crippen molar-refractivity contribution < 1.29 is 4.79 Å². The fraction of sp³-hybridized carbons (Fsp3) is 0. The van der Waals surface area contributed by atoms with Crippen LogP contribution in [0.1, 0.15) is 10.4 Å². The number of rotatable bonds is 2. The van der Waals surface area contributed by atoms with Gasteiger partial charge in [-0.1, -0.05) is 29.8 Å². The summed E-state index contributed by atoms with van der Waals surface area (Å²) in [7, 11) is 0. The van der Waals surface area contributed by atoms with Gasteiger partial charge < -0.3 is 5.32 Å². The lowest BCUT2D eigenvalue weighted by molar-refractivity contribution is 0.0978. The number of nitrogens with zero attached hydrogens (tertiary/aromatic N) is 1. The molecule has 0 aliphatic carbocycles. The topological polar surface area (TPSA) is 54.0 Å². The van der Waals surface area contributed by atoms with Crippen molar-refractivity contribution in [2.45, 2.75) is 0 Å². The highest BCUT2D eigenvalue weighted by molar-refractivity contribution is 7.80. The van der Waals surface area contributed by atoms with Gasteiger partial charge in [-0.05, 0) is 36.5 Å². The van der Waals surface area contributed by atoms with Crippen molar-refractivity contribution >= 4 is 40.7 Å². The van der Waals surface area contributed by atoms with E-state index in [0.717, 1.165) is 0 Å². The molecule has 1 amide bonds. The Morgan fingerprint density at radius 1 is 1.21 bits per heavy atom. The molecule has 4 nitrogen and oxygen atoms in total. The summed E-state index contributed by atoms with van der Waals surface area (Å²) >= 11 is 10.8. The third-order valence-electron chi connectivity index (χ3n) is 2.23. The lowest BCUT2D eigenvalue weighted by atomic mass is 10.2. The average Bonchev–Trinajstić information content (AvgIpc) is 2.39. The van der Waals surface area contributed by atoms with Gasteiger partial charge in [0, 0.05) is 16.8 Å². The van der Waals surface area contributed by atoms with Crippen molar-refractivity contribution in [3.8, 4) is 0 Å². The first-order valence-electron chi connectivity index (χ1n) is 5.44. The second-order valence-corrected chi connectivity index (χ2v) is 4.48. The fourth-order valence-corrected chi connectivity index (χ4v) is 1.74. The van der Waals surface area contributed by atoms with Gasteiger partial charge in [-0.25, -0.2) is 4.98 Å². The summed E-state index contributed by atoms with van der Waals surface area (Å²) in [5, 5.41) is 6.06. The highest BCUT2D eigenvalue weighted by atomic mass is 35.5. The van der Waals surface area contributed by atoms with Crippen LogP contribution in [0.5, 0.6) is 0 Å². The number of hydrogen-bond acceptors (Lipinski definition) is 3. The summed E-state index contributed by atoms with van der Waals surface area (Å²) in [5.41, 5.74) is 0.533. The number of thiocarbonyl (C=S) groups is 1. The molecule has 0 fully saturated rings. The van der Waals surface area contributed by atoms with Gasteiger partial charge in [0.2, 0.25) is 0 Å². The number of carbonyl (C=O) groups excluding carboxylic acids is 1. The van der Waals surface area contributed by atoms with Crippen LogP contribution in [0.3, 0.4) is 0 Å². The van der Waals surface area contributed by atoms with E-state index in [4.69, 9.17) is 23.8 Å². The molecule has 96 valence electrons. The molecule has 1 heterocycles. The third-order valence-corrected chi connectivity index (χ3v) is 2.67. The van der Waals surface area contributed by atoms with Crippen LogP contribution in [0.15, 0.2) is 48.7 Å². The summed E-state index contributed by atoms with van der Waals surface area (Å²) in [6.07, 6.45) is 1.55. The molecule has 2 N–H and O–H groups in total. The van der Waals surface area contributed by atoms with Gasteiger partial charge in [0.1, 0.15) is 5.82 Å². The smallest absolute Gasteiger partial charge is 0.257 e. The minimum atomic E-state index is -0.278. The SMILES string of the molecule is O=C(NC(=S)Nc1cc(Cl)ccn1)c1ccccc1. The summed E-state index contributed by atoms with van der Waals surface area (Å²) in [6.45, 7) is 0. The molecule has 0 aliphatic heterocycles. The van der Waals surface area contributed by atoms with Gasteiger partial charge in [0.15, 0.2) is 5.11 Å². The minimum absolute atomic E-state index is 0.170.